The summed E-state index contributed by atoms with van der Waals surface area (Å²) in [5, 5.41) is 9.66. The van der Waals surface area contributed by atoms with Crippen molar-refractivity contribution in [1.29, 1.82) is 0 Å². The van der Waals surface area contributed by atoms with Gasteiger partial charge in [-0.25, -0.2) is 4.79 Å². The van der Waals surface area contributed by atoms with Crippen LogP contribution < -0.4 is 0 Å². The molecule has 0 bridgehead atoms. The Bertz CT molecular complexity index is 581. The molecule has 0 aliphatic heterocycles. The van der Waals surface area contributed by atoms with Gasteiger partial charge in [0.25, 0.3) is 0 Å². The standard InChI is InChI=1S/C13H10ClNO3/c1-18-13(17)8-2-4-11(14)10(6-8)12-5-3-9(16)7-15-12/h2-7,16H,1H3. The molecule has 0 fully saturated rings. The van der Waals surface area contributed by atoms with Gasteiger partial charge in [0.1, 0.15) is 5.75 Å². The van der Waals surface area contributed by atoms with E-state index in [9.17, 15) is 9.90 Å². The number of halogens is 1. The Morgan fingerprint density at radius 2 is 2.11 bits per heavy atom. The normalized spacial score (nSPS) is 10.1. The highest BCUT2D eigenvalue weighted by molar-refractivity contribution is 6.33. The first-order valence-corrected chi connectivity index (χ1v) is 5.53. The topological polar surface area (TPSA) is 59.4 Å². The molecule has 0 unspecified atom stereocenters. The van der Waals surface area contributed by atoms with Crippen molar-refractivity contribution in [1.82, 2.24) is 4.98 Å². The molecule has 0 saturated heterocycles. The first-order chi connectivity index (χ1) is 8.61. The van der Waals surface area contributed by atoms with Gasteiger partial charge in [-0.15, -0.1) is 0 Å². The fourth-order valence-corrected chi connectivity index (χ4v) is 1.73. The van der Waals surface area contributed by atoms with Crippen molar-refractivity contribution < 1.29 is 14.6 Å². The molecule has 0 spiro atoms. The zero-order valence-corrected chi connectivity index (χ0v) is 10.3. The molecular formula is C13H10ClNO3. The molecule has 0 atom stereocenters. The van der Waals surface area contributed by atoms with E-state index >= 15 is 0 Å². The van der Waals surface area contributed by atoms with Crippen LogP contribution in [-0.2, 0) is 4.74 Å². The number of carbonyl (C=O) groups excluding carboxylic acids is 1. The van der Waals surface area contributed by atoms with Gasteiger partial charge in [-0.2, -0.15) is 0 Å². The molecule has 0 radical (unpaired) electrons. The third-order valence-electron chi connectivity index (χ3n) is 2.41. The highest BCUT2D eigenvalue weighted by Crippen LogP contribution is 2.28. The van der Waals surface area contributed by atoms with Gasteiger partial charge in [0.15, 0.2) is 0 Å². The fourth-order valence-electron chi connectivity index (χ4n) is 1.51. The molecule has 4 nitrogen and oxygen atoms in total. The van der Waals surface area contributed by atoms with Crippen LogP contribution in [0.2, 0.25) is 5.02 Å². The first kappa shape index (κ1) is 12.4. The fraction of sp³-hybridized carbons (Fsp3) is 0.0769. The van der Waals surface area contributed by atoms with Crippen LogP contribution in [0, 0.1) is 0 Å². The number of pyridine rings is 1. The Hall–Kier alpha value is -2.07. The second-order valence-electron chi connectivity index (χ2n) is 3.59. The highest BCUT2D eigenvalue weighted by Gasteiger charge is 2.11. The van der Waals surface area contributed by atoms with E-state index in [-0.39, 0.29) is 5.75 Å². The van der Waals surface area contributed by atoms with Gasteiger partial charge in [-0.3, -0.25) is 4.98 Å². The van der Waals surface area contributed by atoms with Crippen LogP contribution in [0.3, 0.4) is 0 Å². The van der Waals surface area contributed by atoms with Crippen molar-refractivity contribution in [3.63, 3.8) is 0 Å². The van der Waals surface area contributed by atoms with Gasteiger partial charge in [0.05, 0.1) is 29.6 Å². The molecular weight excluding hydrogens is 254 g/mol. The second-order valence-corrected chi connectivity index (χ2v) is 4.00. The predicted octanol–water partition coefficient (Wildman–Crippen LogP) is 2.89. The molecule has 0 aliphatic rings. The average Bonchev–Trinajstić information content (AvgIpc) is 2.39. The molecule has 5 heteroatoms. The monoisotopic (exact) mass is 263 g/mol. The van der Waals surface area contributed by atoms with Crippen molar-refractivity contribution in [2.45, 2.75) is 0 Å². The number of aromatic hydroxyl groups is 1. The number of hydrogen-bond donors (Lipinski definition) is 1. The van der Waals surface area contributed by atoms with Gasteiger partial charge in [0.2, 0.25) is 0 Å². The SMILES string of the molecule is COC(=O)c1ccc(Cl)c(-c2ccc(O)cn2)c1. The van der Waals surface area contributed by atoms with Crippen molar-refractivity contribution in [3.05, 3.63) is 47.1 Å². The maximum atomic E-state index is 11.4. The number of carbonyl (C=O) groups is 1. The molecule has 2 aromatic rings. The van der Waals surface area contributed by atoms with E-state index in [1.165, 1.54) is 19.4 Å². The smallest absolute Gasteiger partial charge is 0.337 e. The number of methoxy groups -OCH3 is 1. The van der Waals surface area contributed by atoms with Gasteiger partial charge in [-0.1, -0.05) is 11.6 Å². The predicted molar refractivity (Wildman–Crippen MR) is 67.7 cm³/mol. The zero-order chi connectivity index (χ0) is 13.1. The lowest BCUT2D eigenvalue weighted by molar-refractivity contribution is 0.0601. The summed E-state index contributed by atoms with van der Waals surface area (Å²) in [7, 11) is 1.31. The lowest BCUT2D eigenvalue weighted by atomic mass is 10.1. The van der Waals surface area contributed by atoms with Crippen molar-refractivity contribution >= 4 is 17.6 Å². The van der Waals surface area contributed by atoms with Crippen LogP contribution in [0.25, 0.3) is 11.3 Å². The van der Waals surface area contributed by atoms with E-state index in [0.29, 0.717) is 21.8 Å². The number of rotatable bonds is 2. The van der Waals surface area contributed by atoms with Crippen molar-refractivity contribution in [2.24, 2.45) is 0 Å². The molecule has 1 N–H and O–H groups in total. The summed E-state index contributed by atoms with van der Waals surface area (Å²) >= 11 is 6.06. The molecule has 0 amide bonds. The second kappa shape index (κ2) is 5.06. The van der Waals surface area contributed by atoms with E-state index in [4.69, 9.17) is 11.6 Å². The number of nitrogens with zero attached hydrogens (tertiary/aromatic N) is 1. The van der Waals surface area contributed by atoms with Gasteiger partial charge >= 0.3 is 5.97 Å². The number of ether oxygens (including phenoxy) is 1. The quantitative estimate of drug-likeness (QED) is 0.847. The van der Waals surface area contributed by atoms with Crippen LogP contribution in [0.4, 0.5) is 0 Å². The Morgan fingerprint density at radius 3 is 2.72 bits per heavy atom. The van der Waals surface area contributed by atoms with Crippen LogP contribution >= 0.6 is 11.6 Å². The molecule has 1 aromatic carbocycles. The Labute approximate surface area is 109 Å². The number of hydrogen-bond acceptors (Lipinski definition) is 4. The zero-order valence-electron chi connectivity index (χ0n) is 9.55. The third kappa shape index (κ3) is 2.43. The molecule has 92 valence electrons. The van der Waals surface area contributed by atoms with Crippen LogP contribution in [0.15, 0.2) is 36.5 Å². The Balaban J connectivity index is 2.49. The molecule has 0 aliphatic carbocycles. The molecule has 0 saturated carbocycles. The molecule has 1 aromatic heterocycles. The van der Waals surface area contributed by atoms with Crippen LogP contribution in [0.5, 0.6) is 5.75 Å². The summed E-state index contributed by atoms with van der Waals surface area (Å²) in [6, 6.07) is 7.92. The number of aromatic nitrogens is 1. The van der Waals surface area contributed by atoms with E-state index in [2.05, 4.69) is 9.72 Å². The largest absolute Gasteiger partial charge is 0.506 e. The van der Waals surface area contributed by atoms with Gasteiger partial charge < -0.3 is 9.84 Å². The van der Waals surface area contributed by atoms with E-state index < -0.39 is 5.97 Å². The minimum atomic E-state index is -0.438. The summed E-state index contributed by atoms with van der Waals surface area (Å²) in [5.74, 6) is -0.370. The first-order valence-electron chi connectivity index (χ1n) is 5.15. The summed E-state index contributed by atoms with van der Waals surface area (Å²) in [5.41, 5.74) is 1.58. The minimum absolute atomic E-state index is 0.0685. The van der Waals surface area contributed by atoms with Crippen LogP contribution in [0.1, 0.15) is 10.4 Å². The van der Waals surface area contributed by atoms with Crippen LogP contribution in [-0.4, -0.2) is 23.2 Å². The van der Waals surface area contributed by atoms with E-state index in [1.807, 2.05) is 0 Å². The summed E-state index contributed by atoms with van der Waals surface area (Å²) in [6.45, 7) is 0. The van der Waals surface area contributed by atoms with Gasteiger partial charge in [0, 0.05) is 5.56 Å². The lowest BCUT2D eigenvalue weighted by Crippen LogP contribution is -2.01. The summed E-state index contributed by atoms with van der Waals surface area (Å²) in [4.78, 5) is 15.5. The number of esters is 1. The van der Waals surface area contributed by atoms with Crippen molar-refractivity contribution in [2.75, 3.05) is 7.11 Å². The van der Waals surface area contributed by atoms with Crippen molar-refractivity contribution in [3.8, 4) is 17.0 Å². The minimum Gasteiger partial charge on any atom is -0.506 e. The maximum absolute atomic E-state index is 11.4. The maximum Gasteiger partial charge on any atom is 0.337 e. The third-order valence-corrected chi connectivity index (χ3v) is 2.74. The number of benzene rings is 1. The summed E-state index contributed by atoms with van der Waals surface area (Å²) < 4.78 is 4.64. The molecule has 18 heavy (non-hydrogen) atoms. The highest BCUT2D eigenvalue weighted by atomic mass is 35.5. The average molecular weight is 264 g/mol. The van der Waals surface area contributed by atoms with Gasteiger partial charge in [-0.05, 0) is 30.3 Å². The molecule has 1 heterocycles. The molecule has 2 rings (SSSR count). The van der Waals surface area contributed by atoms with E-state index in [0.717, 1.165) is 0 Å². The van der Waals surface area contributed by atoms with E-state index in [1.54, 1.807) is 24.3 Å². The Morgan fingerprint density at radius 1 is 1.33 bits per heavy atom. The summed E-state index contributed by atoms with van der Waals surface area (Å²) in [6.07, 6.45) is 1.32. The lowest BCUT2D eigenvalue weighted by Gasteiger charge is -2.06. The Kier molecular flexibility index (Phi) is 3.48.